The second kappa shape index (κ2) is 17.9. The van der Waals surface area contributed by atoms with Gasteiger partial charge in [0.15, 0.2) is 6.29 Å². The molecule has 3 N–H and O–H groups in total. The van der Waals surface area contributed by atoms with Crippen LogP contribution in [0.4, 0.5) is 0 Å². The molecule has 1 aliphatic heterocycles. The molecule has 5 aromatic rings. The number of hydrogen-bond donors (Lipinski definition) is 3. The fourth-order valence-corrected chi connectivity index (χ4v) is 6.85. The molecule has 0 radical (unpaired) electrons. The van der Waals surface area contributed by atoms with Gasteiger partial charge in [0.05, 0.1) is 24.5 Å². The highest BCUT2D eigenvalue weighted by Crippen LogP contribution is 2.40. The van der Waals surface area contributed by atoms with Crippen molar-refractivity contribution in [1.29, 1.82) is 0 Å². The summed E-state index contributed by atoms with van der Waals surface area (Å²) in [6.07, 6.45) is 2.05. The van der Waals surface area contributed by atoms with E-state index in [1.54, 1.807) is 4.68 Å². The first-order chi connectivity index (χ1) is 24.9. The van der Waals surface area contributed by atoms with Crippen LogP contribution in [0.2, 0.25) is 0 Å². The minimum Gasteiger partial charge on any atom is -0.481 e. The van der Waals surface area contributed by atoms with Crippen molar-refractivity contribution in [3.8, 4) is 16.8 Å². The predicted octanol–water partition coefficient (Wildman–Crippen LogP) is 6.81. The normalized spacial score (nSPS) is 17.2. The van der Waals surface area contributed by atoms with Gasteiger partial charge in [-0.25, -0.2) is 0 Å². The molecule has 11 nitrogen and oxygen atoms in total. The Labute approximate surface area is 301 Å². The first-order valence-corrected chi connectivity index (χ1v) is 18.1. The van der Waals surface area contributed by atoms with Gasteiger partial charge in [0.1, 0.15) is 0 Å². The quantitative estimate of drug-likeness (QED) is 0.0738. The lowest BCUT2D eigenvalue weighted by molar-refractivity contribution is -0.245. The van der Waals surface area contributed by atoms with Gasteiger partial charge in [0.25, 0.3) is 0 Å². The maximum atomic E-state index is 12.4. The molecule has 1 saturated heterocycles. The number of benzene rings is 4. The van der Waals surface area contributed by atoms with E-state index < -0.39 is 12.3 Å². The second-order valence-electron chi connectivity index (χ2n) is 12.4. The summed E-state index contributed by atoms with van der Waals surface area (Å²) in [5, 5.41) is 34.4. The number of unbranched alkanes of at least 4 members (excludes halogenated alkanes) is 2. The van der Waals surface area contributed by atoms with Crippen LogP contribution in [0.1, 0.15) is 73.2 Å². The lowest BCUT2D eigenvalue weighted by Gasteiger charge is -2.36. The van der Waals surface area contributed by atoms with Gasteiger partial charge >= 0.3 is 5.97 Å². The van der Waals surface area contributed by atoms with Crippen LogP contribution in [-0.4, -0.2) is 54.2 Å². The number of hydrogen-bond acceptors (Lipinski definition) is 9. The molecule has 1 amide bonds. The van der Waals surface area contributed by atoms with Gasteiger partial charge in [-0.05, 0) is 75.4 Å². The third-order valence-corrected chi connectivity index (χ3v) is 9.71. The molecule has 1 fully saturated rings. The summed E-state index contributed by atoms with van der Waals surface area (Å²) in [5.41, 5.74) is 6.59. The standard InChI is InChI=1S/C39H41N5O6S/c45-25-27-17-19-29(20-18-27)35-23-34(26-51-39-41-42-43-44(39)33-13-3-1-4-14-33)49-38(50-35)32-12-8-11-31(22-32)30-10-7-9-28(21-30)24-40-36(46)15-5-2-6-16-37(47)48/h1,3-4,7-14,17-22,34-35,38,45H,2,5-6,15-16,23-26H2,(H,40,46)(H,47,48)/t34-,35+,38+/m0/s1. The molecule has 0 spiro atoms. The number of rotatable bonds is 16. The molecule has 2 heterocycles. The molecule has 4 aromatic carbocycles. The molecular formula is C39H41N5O6S. The van der Waals surface area contributed by atoms with Crippen LogP contribution in [0, 0.1) is 0 Å². The van der Waals surface area contributed by atoms with E-state index in [9.17, 15) is 14.7 Å². The minimum atomic E-state index is -0.809. The summed E-state index contributed by atoms with van der Waals surface area (Å²) in [5.74, 6) is -0.251. The van der Waals surface area contributed by atoms with E-state index in [0.717, 1.165) is 39.1 Å². The second-order valence-corrected chi connectivity index (χ2v) is 13.4. The van der Waals surface area contributed by atoms with Gasteiger partial charge in [-0.2, -0.15) is 4.68 Å². The number of nitrogens with zero attached hydrogens (tertiary/aromatic N) is 4. The number of aliphatic carboxylic acids is 1. The summed E-state index contributed by atoms with van der Waals surface area (Å²) in [6, 6.07) is 33.8. The third kappa shape index (κ3) is 10.1. The first kappa shape index (κ1) is 35.9. The Hall–Kier alpha value is -4.88. The minimum absolute atomic E-state index is 0.0243. The van der Waals surface area contributed by atoms with E-state index in [1.165, 1.54) is 11.8 Å². The Kier molecular flexibility index (Phi) is 12.6. The number of ether oxygens (including phenoxy) is 2. The Morgan fingerprint density at radius 2 is 1.59 bits per heavy atom. The third-order valence-electron chi connectivity index (χ3n) is 8.66. The predicted molar refractivity (Wildman–Crippen MR) is 193 cm³/mol. The highest BCUT2D eigenvalue weighted by molar-refractivity contribution is 7.99. The van der Waals surface area contributed by atoms with E-state index >= 15 is 0 Å². The van der Waals surface area contributed by atoms with Crippen molar-refractivity contribution in [1.82, 2.24) is 25.5 Å². The Bertz CT molecular complexity index is 1890. The number of nitrogens with one attached hydrogen (secondary N) is 1. The number of tetrazole rings is 1. The van der Waals surface area contributed by atoms with Crippen LogP contribution in [0.3, 0.4) is 0 Å². The SMILES string of the molecule is O=C(O)CCCCCC(=O)NCc1cccc(-c2cccc([C@@H]3O[C@H](CSc4nnnn4-c4ccccc4)C[C@H](c4ccc(CO)cc4)O3)c2)c1. The van der Waals surface area contributed by atoms with Crippen LogP contribution in [0.5, 0.6) is 0 Å². The molecule has 0 saturated carbocycles. The molecule has 264 valence electrons. The molecule has 0 bridgehead atoms. The number of carboxylic acids is 1. The number of aromatic nitrogens is 4. The van der Waals surface area contributed by atoms with E-state index in [2.05, 4.69) is 33.0 Å². The van der Waals surface area contributed by atoms with Crippen molar-refractivity contribution < 1.29 is 29.3 Å². The van der Waals surface area contributed by atoms with Gasteiger partial charge in [0, 0.05) is 37.1 Å². The zero-order valence-electron chi connectivity index (χ0n) is 28.1. The Morgan fingerprint density at radius 1 is 0.824 bits per heavy atom. The van der Waals surface area contributed by atoms with Crippen molar-refractivity contribution in [2.24, 2.45) is 0 Å². The van der Waals surface area contributed by atoms with Gasteiger partial charge in [-0.3, -0.25) is 9.59 Å². The fraction of sp³-hybridized carbons (Fsp3) is 0.308. The maximum Gasteiger partial charge on any atom is 0.303 e. The Balaban J connectivity index is 1.14. The fourth-order valence-electron chi connectivity index (χ4n) is 5.94. The number of aliphatic hydroxyl groups excluding tert-OH is 1. The lowest BCUT2D eigenvalue weighted by atomic mass is 9.99. The van der Waals surface area contributed by atoms with Gasteiger partial charge in [-0.1, -0.05) is 97.0 Å². The molecular weight excluding hydrogens is 667 g/mol. The molecule has 12 heteroatoms. The molecule has 1 aromatic heterocycles. The number of carbonyl (C=O) groups is 2. The maximum absolute atomic E-state index is 12.4. The van der Waals surface area contributed by atoms with Crippen LogP contribution >= 0.6 is 11.8 Å². The van der Waals surface area contributed by atoms with Crippen molar-refractivity contribution in [3.05, 3.63) is 125 Å². The van der Waals surface area contributed by atoms with Crippen LogP contribution in [0.25, 0.3) is 16.8 Å². The Morgan fingerprint density at radius 3 is 2.37 bits per heavy atom. The summed E-state index contributed by atoms with van der Waals surface area (Å²) in [7, 11) is 0. The topological polar surface area (TPSA) is 149 Å². The number of thioether (sulfide) groups is 1. The summed E-state index contributed by atoms with van der Waals surface area (Å²) in [6.45, 7) is 0.378. The molecule has 1 aliphatic rings. The van der Waals surface area contributed by atoms with Crippen molar-refractivity contribution in [2.45, 2.75) is 75.3 Å². The molecule has 51 heavy (non-hydrogen) atoms. The average Bonchev–Trinajstić information content (AvgIpc) is 3.65. The van der Waals surface area contributed by atoms with Crippen LogP contribution in [0.15, 0.2) is 108 Å². The number of aliphatic hydroxyl groups is 1. The van der Waals surface area contributed by atoms with Crippen LogP contribution in [-0.2, 0) is 32.2 Å². The highest BCUT2D eigenvalue weighted by Gasteiger charge is 2.33. The average molecular weight is 708 g/mol. The molecule has 3 atom stereocenters. The highest BCUT2D eigenvalue weighted by atomic mass is 32.2. The number of carbonyl (C=O) groups excluding carboxylic acids is 1. The van der Waals surface area contributed by atoms with Crippen molar-refractivity contribution in [3.63, 3.8) is 0 Å². The van der Waals surface area contributed by atoms with Crippen molar-refractivity contribution in [2.75, 3.05) is 5.75 Å². The van der Waals surface area contributed by atoms with Crippen molar-refractivity contribution >= 4 is 23.6 Å². The number of carboxylic acid groups (broad SMARTS) is 1. The largest absolute Gasteiger partial charge is 0.481 e. The van der Waals surface area contributed by atoms with E-state index in [4.69, 9.17) is 14.6 Å². The zero-order valence-corrected chi connectivity index (χ0v) is 29.0. The van der Waals surface area contributed by atoms with E-state index in [1.807, 2.05) is 91.0 Å². The smallest absolute Gasteiger partial charge is 0.303 e. The van der Waals surface area contributed by atoms with E-state index in [0.29, 0.717) is 49.6 Å². The first-order valence-electron chi connectivity index (χ1n) is 17.1. The van der Waals surface area contributed by atoms with Gasteiger partial charge in [0.2, 0.25) is 11.1 Å². The van der Waals surface area contributed by atoms with E-state index in [-0.39, 0.29) is 31.1 Å². The lowest BCUT2D eigenvalue weighted by Crippen LogP contribution is -2.31. The van der Waals surface area contributed by atoms with Gasteiger partial charge < -0.3 is 25.0 Å². The van der Waals surface area contributed by atoms with Crippen LogP contribution < -0.4 is 5.32 Å². The zero-order chi connectivity index (χ0) is 35.4. The molecule has 6 rings (SSSR count). The summed E-state index contributed by atoms with van der Waals surface area (Å²) < 4.78 is 15.0. The summed E-state index contributed by atoms with van der Waals surface area (Å²) >= 11 is 1.53. The summed E-state index contributed by atoms with van der Waals surface area (Å²) in [4.78, 5) is 23.1. The number of amides is 1. The van der Waals surface area contributed by atoms with Gasteiger partial charge in [-0.15, -0.1) is 5.10 Å². The molecule has 0 unspecified atom stereocenters. The number of para-hydroxylation sites is 1. The molecule has 0 aliphatic carbocycles. The monoisotopic (exact) mass is 707 g/mol.